The second kappa shape index (κ2) is 5.79. The molecule has 108 valence electrons. The molecule has 2 heterocycles. The Kier molecular flexibility index (Phi) is 4.28. The average Bonchev–Trinajstić information content (AvgIpc) is 2.90. The van der Waals surface area contributed by atoms with Gasteiger partial charge in [0.15, 0.2) is 0 Å². The summed E-state index contributed by atoms with van der Waals surface area (Å²) in [5.41, 5.74) is -0.101. The van der Waals surface area contributed by atoms with Gasteiger partial charge in [-0.2, -0.15) is 0 Å². The predicted molar refractivity (Wildman–Crippen MR) is 84.8 cm³/mol. The van der Waals surface area contributed by atoms with E-state index in [-0.39, 0.29) is 16.9 Å². The first kappa shape index (κ1) is 14.8. The Bertz CT molecular complexity index is 614. The molecule has 0 saturated heterocycles. The Hall–Kier alpha value is -1.62. The highest BCUT2D eigenvalue weighted by atomic mass is 32.1. The molecule has 0 spiro atoms. The molecule has 0 unspecified atom stereocenters. The number of aromatic amines is 1. The van der Waals surface area contributed by atoms with Crippen LogP contribution in [0.5, 0.6) is 0 Å². The quantitative estimate of drug-likeness (QED) is 0.888. The van der Waals surface area contributed by atoms with Crippen molar-refractivity contribution in [1.29, 1.82) is 0 Å². The zero-order chi connectivity index (χ0) is 14.8. The summed E-state index contributed by atoms with van der Waals surface area (Å²) in [6, 6.07) is 5.71. The van der Waals surface area contributed by atoms with Crippen LogP contribution < -0.4 is 10.9 Å². The van der Waals surface area contributed by atoms with Gasteiger partial charge in [-0.1, -0.05) is 33.8 Å². The van der Waals surface area contributed by atoms with Crippen molar-refractivity contribution < 1.29 is 0 Å². The molecule has 2 N–H and O–H groups in total. The average molecular weight is 291 g/mol. The van der Waals surface area contributed by atoms with Crippen LogP contribution in [0.25, 0.3) is 0 Å². The van der Waals surface area contributed by atoms with Crippen molar-refractivity contribution >= 4 is 17.2 Å². The first-order chi connectivity index (χ1) is 9.38. The zero-order valence-corrected chi connectivity index (χ0v) is 13.2. The zero-order valence-electron chi connectivity index (χ0n) is 12.4. The molecule has 0 aliphatic carbocycles. The lowest BCUT2D eigenvalue weighted by Gasteiger charge is -2.24. The molecule has 20 heavy (non-hydrogen) atoms. The van der Waals surface area contributed by atoms with Crippen LogP contribution in [0.4, 0.5) is 5.82 Å². The fraction of sp³-hybridized carbons (Fsp3) is 0.467. The summed E-state index contributed by atoms with van der Waals surface area (Å²) in [5, 5.41) is 5.37. The summed E-state index contributed by atoms with van der Waals surface area (Å²) in [6.07, 6.45) is 0. The Morgan fingerprint density at radius 2 is 2.20 bits per heavy atom. The highest BCUT2D eigenvalue weighted by molar-refractivity contribution is 7.10. The van der Waals surface area contributed by atoms with E-state index in [2.05, 4.69) is 46.6 Å². The van der Waals surface area contributed by atoms with Crippen LogP contribution >= 0.6 is 11.3 Å². The second-order valence-electron chi connectivity index (χ2n) is 5.89. The Balaban J connectivity index is 2.13. The fourth-order valence-electron chi connectivity index (χ4n) is 1.90. The van der Waals surface area contributed by atoms with Crippen LogP contribution in [0.3, 0.4) is 0 Å². The smallest absolute Gasteiger partial charge is 0.252 e. The van der Waals surface area contributed by atoms with Gasteiger partial charge in [-0.25, -0.2) is 4.98 Å². The van der Waals surface area contributed by atoms with Gasteiger partial charge in [0, 0.05) is 28.8 Å². The SMILES string of the molecule is CC(C)c1nc(NCC(C)(C)c2cccs2)cc(=O)[nH]1. The molecule has 2 aromatic heterocycles. The molecule has 0 bridgehead atoms. The molecular formula is C15H21N3OS. The van der Waals surface area contributed by atoms with Gasteiger partial charge in [-0.05, 0) is 11.4 Å². The summed E-state index contributed by atoms with van der Waals surface area (Å²) < 4.78 is 0. The lowest BCUT2D eigenvalue weighted by molar-refractivity contribution is 0.567. The van der Waals surface area contributed by atoms with E-state index in [1.165, 1.54) is 10.9 Å². The number of hydrogen-bond donors (Lipinski definition) is 2. The summed E-state index contributed by atoms with van der Waals surface area (Å²) in [4.78, 5) is 20.2. The second-order valence-corrected chi connectivity index (χ2v) is 6.83. The Morgan fingerprint density at radius 3 is 2.80 bits per heavy atom. The fourth-order valence-corrected chi connectivity index (χ4v) is 2.75. The largest absolute Gasteiger partial charge is 0.369 e. The van der Waals surface area contributed by atoms with Crippen molar-refractivity contribution in [2.45, 2.75) is 39.0 Å². The molecule has 0 radical (unpaired) electrons. The molecule has 0 saturated carbocycles. The number of rotatable bonds is 5. The maximum atomic E-state index is 11.6. The van der Waals surface area contributed by atoms with Gasteiger partial charge >= 0.3 is 0 Å². The van der Waals surface area contributed by atoms with Gasteiger partial charge in [0.1, 0.15) is 11.6 Å². The van der Waals surface area contributed by atoms with Crippen molar-refractivity contribution in [1.82, 2.24) is 9.97 Å². The van der Waals surface area contributed by atoms with Crippen molar-refractivity contribution in [2.75, 3.05) is 11.9 Å². The van der Waals surface area contributed by atoms with Gasteiger partial charge in [0.2, 0.25) is 0 Å². The minimum absolute atomic E-state index is 0.0104. The summed E-state index contributed by atoms with van der Waals surface area (Å²) in [5.74, 6) is 1.56. The minimum Gasteiger partial charge on any atom is -0.369 e. The normalized spacial score (nSPS) is 11.8. The highest BCUT2D eigenvalue weighted by Gasteiger charge is 2.21. The van der Waals surface area contributed by atoms with E-state index >= 15 is 0 Å². The lowest BCUT2D eigenvalue weighted by Crippen LogP contribution is -2.27. The Labute approximate surface area is 123 Å². The van der Waals surface area contributed by atoms with Gasteiger partial charge in [-0.15, -0.1) is 11.3 Å². The van der Waals surface area contributed by atoms with Crippen LogP contribution in [0, 0.1) is 0 Å². The van der Waals surface area contributed by atoms with Crippen LogP contribution in [-0.2, 0) is 5.41 Å². The molecule has 0 atom stereocenters. The first-order valence-corrected chi connectivity index (χ1v) is 7.65. The number of thiophene rings is 1. The van der Waals surface area contributed by atoms with E-state index in [0.29, 0.717) is 11.6 Å². The van der Waals surface area contributed by atoms with E-state index in [9.17, 15) is 4.79 Å². The number of anilines is 1. The monoisotopic (exact) mass is 291 g/mol. The molecule has 0 aromatic carbocycles. The molecule has 2 rings (SSSR count). The van der Waals surface area contributed by atoms with Crippen molar-refractivity contribution in [3.8, 4) is 0 Å². The van der Waals surface area contributed by atoms with Gasteiger partial charge < -0.3 is 10.3 Å². The van der Waals surface area contributed by atoms with E-state index in [1.807, 2.05) is 13.8 Å². The van der Waals surface area contributed by atoms with Gasteiger partial charge in [-0.3, -0.25) is 4.79 Å². The first-order valence-electron chi connectivity index (χ1n) is 6.77. The molecule has 0 aliphatic heterocycles. The number of H-pyrrole nitrogens is 1. The maximum Gasteiger partial charge on any atom is 0.252 e. The summed E-state index contributed by atoms with van der Waals surface area (Å²) in [6.45, 7) is 9.13. The van der Waals surface area contributed by atoms with E-state index in [4.69, 9.17) is 0 Å². The molecule has 2 aromatic rings. The summed E-state index contributed by atoms with van der Waals surface area (Å²) in [7, 11) is 0. The highest BCUT2D eigenvalue weighted by Crippen LogP contribution is 2.27. The molecule has 0 aliphatic rings. The van der Waals surface area contributed by atoms with Gasteiger partial charge in [0.25, 0.3) is 5.56 Å². The van der Waals surface area contributed by atoms with Crippen LogP contribution in [0.15, 0.2) is 28.4 Å². The van der Waals surface area contributed by atoms with Crippen molar-refractivity contribution in [3.05, 3.63) is 44.6 Å². The van der Waals surface area contributed by atoms with E-state index in [1.54, 1.807) is 11.3 Å². The number of nitrogens with one attached hydrogen (secondary N) is 2. The number of hydrogen-bond acceptors (Lipinski definition) is 4. The van der Waals surface area contributed by atoms with E-state index < -0.39 is 0 Å². The topological polar surface area (TPSA) is 57.8 Å². The third kappa shape index (κ3) is 3.48. The van der Waals surface area contributed by atoms with Crippen molar-refractivity contribution in [2.24, 2.45) is 0 Å². The minimum atomic E-state index is -0.111. The molecular weight excluding hydrogens is 270 g/mol. The van der Waals surface area contributed by atoms with Gasteiger partial charge in [0.05, 0.1) is 0 Å². The van der Waals surface area contributed by atoms with Crippen LogP contribution in [0.2, 0.25) is 0 Å². The van der Waals surface area contributed by atoms with Crippen LogP contribution in [-0.4, -0.2) is 16.5 Å². The molecule has 0 fully saturated rings. The molecule has 0 amide bonds. The number of aromatic nitrogens is 2. The molecule has 4 nitrogen and oxygen atoms in total. The predicted octanol–water partition coefficient (Wildman–Crippen LogP) is 3.34. The maximum absolute atomic E-state index is 11.6. The lowest BCUT2D eigenvalue weighted by atomic mass is 9.91. The van der Waals surface area contributed by atoms with Crippen LogP contribution in [0.1, 0.15) is 44.3 Å². The third-order valence-electron chi connectivity index (χ3n) is 3.21. The third-order valence-corrected chi connectivity index (χ3v) is 4.44. The Morgan fingerprint density at radius 1 is 1.45 bits per heavy atom. The molecule has 5 heteroatoms. The standard InChI is InChI=1S/C15H21N3OS/c1-10(2)14-17-12(8-13(19)18-14)16-9-15(3,4)11-6-5-7-20-11/h5-8,10H,9H2,1-4H3,(H2,16,17,18,19). The summed E-state index contributed by atoms with van der Waals surface area (Å²) >= 11 is 1.75. The van der Waals surface area contributed by atoms with E-state index in [0.717, 1.165) is 6.54 Å². The number of nitrogens with zero attached hydrogens (tertiary/aromatic N) is 1. The van der Waals surface area contributed by atoms with Crippen molar-refractivity contribution in [3.63, 3.8) is 0 Å².